The van der Waals surface area contributed by atoms with Crippen molar-refractivity contribution in [2.75, 3.05) is 0 Å². The van der Waals surface area contributed by atoms with Gasteiger partial charge in [-0.25, -0.2) is 0 Å². The smallest absolute Gasteiger partial charge is 0.0842 e. The van der Waals surface area contributed by atoms with E-state index in [4.69, 9.17) is 34.8 Å². The van der Waals surface area contributed by atoms with Gasteiger partial charge in [0.25, 0.3) is 0 Å². The number of benzene rings is 2. The third-order valence-electron chi connectivity index (χ3n) is 2.78. The molecule has 2 aromatic rings. The largest absolute Gasteiger partial charge is 0.388 e. The van der Waals surface area contributed by atoms with Crippen LogP contribution in [-0.4, -0.2) is 5.11 Å². The van der Waals surface area contributed by atoms with E-state index in [2.05, 4.69) is 15.9 Å². The highest BCUT2D eigenvalue weighted by Crippen LogP contribution is 2.32. The molecule has 0 aliphatic carbocycles. The molecule has 0 heterocycles. The van der Waals surface area contributed by atoms with E-state index < -0.39 is 6.10 Å². The van der Waals surface area contributed by atoms with Gasteiger partial charge in [0.05, 0.1) is 6.10 Å². The Morgan fingerprint density at radius 3 is 2.26 bits per heavy atom. The fourth-order valence-electron chi connectivity index (χ4n) is 1.80. The van der Waals surface area contributed by atoms with Crippen molar-refractivity contribution >= 4 is 50.7 Å². The zero-order valence-corrected chi connectivity index (χ0v) is 13.6. The number of halogens is 4. The van der Waals surface area contributed by atoms with E-state index in [-0.39, 0.29) is 0 Å². The van der Waals surface area contributed by atoms with Gasteiger partial charge in [-0.3, -0.25) is 0 Å². The second-order valence-corrected chi connectivity index (χ2v) is 6.19. The predicted octanol–water partition coefficient (Wildman–Crippen LogP) is 5.69. The third-order valence-corrected chi connectivity index (χ3v) is 4.41. The fourth-order valence-corrected chi connectivity index (χ4v) is 3.30. The summed E-state index contributed by atoms with van der Waals surface area (Å²) in [6.07, 6.45) is -0.359. The molecule has 0 saturated heterocycles. The number of hydrogen-bond donors (Lipinski definition) is 1. The molecule has 5 heteroatoms. The minimum absolute atomic E-state index is 0.346. The van der Waals surface area contributed by atoms with Gasteiger partial charge >= 0.3 is 0 Å². The lowest BCUT2D eigenvalue weighted by atomic mass is 10.0. The van der Waals surface area contributed by atoms with E-state index in [1.807, 2.05) is 0 Å². The van der Waals surface area contributed by atoms with Crippen molar-refractivity contribution < 1.29 is 5.11 Å². The van der Waals surface area contributed by atoms with Crippen LogP contribution in [0.15, 0.2) is 40.9 Å². The lowest BCUT2D eigenvalue weighted by Gasteiger charge is -2.15. The Morgan fingerprint density at radius 2 is 1.68 bits per heavy atom. The summed E-state index contributed by atoms with van der Waals surface area (Å²) in [5.74, 6) is 0. The van der Waals surface area contributed by atoms with Crippen LogP contribution in [0.4, 0.5) is 0 Å². The second-order valence-electron chi connectivity index (χ2n) is 4.09. The van der Waals surface area contributed by atoms with Crippen molar-refractivity contribution in [1.29, 1.82) is 0 Å². The predicted molar refractivity (Wildman–Crippen MR) is 84.3 cm³/mol. The van der Waals surface area contributed by atoms with Gasteiger partial charge in [0.2, 0.25) is 0 Å². The van der Waals surface area contributed by atoms with Crippen LogP contribution in [0.25, 0.3) is 0 Å². The van der Waals surface area contributed by atoms with Gasteiger partial charge in [0, 0.05) is 26.0 Å². The molecule has 1 atom stereocenters. The van der Waals surface area contributed by atoms with Crippen molar-refractivity contribution in [3.8, 4) is 0 Å². The van der Waals surface area contributed by atoms with E-state index >= 15 is 0 Å². The van der Waals surface area contributed by atoms with Crippen LogP contribution in [0.3, 0.4) is 0 Å². The minimum Gasteiger partial charge on any atom is -0.388 e. The lowest BCUT2D eigenvalue weighted by Crippen LogP contribution is -2.03. The molecule has 100 valence electrons. The Labute approximate surface area is 135 Å². The highest BCUT2D eigenvalue weighted by Gasteiger charge is 2.16. The van der Waals surface area contributed by atoms with E-state index in [9.17, 15) is 5.11 Å². The number of hydrogen-bond acceptors (Lipinski definition) is 1. The summed E-state index contributed by atoms with van der Waals surface area (Å²) in [5, 5.41) is 12.0. The SMILES string of the molecule is OC(Cc1c(Cl)cccc1Cl)c1ccc(Cl)cc1Br. The summed E-state index contributed by atoms with van der Waals surface area (Å²) >= 11 is 21.5. The lowest BCUT2D eigenvalue weighted by molar-refractivity contribution is 0.177. The van der Waals surface area contributed by atoms with Gasteiger partial charge in [-0.1, -0.05) is 62.9 Å². The molecule has 2 aromatic carbocycles. The van der Waals surface area contributed by atoms with Gasteiger partial charge in [0.1, 0.15) is 0 Å². The molecule has 0 bridgehead atoms. The van der Waals surface area contributed by atoms with Crippen LogP contribution in [-0.2, 0) is 6.42 Å². The number of aliphatic hydroxyl groups is 1. The van der Waals surface area contributed by atoms with Crippen LogP contribution in [0.1, 0.15) is 17.2 Å². The molecule has 0 radical (unpaired) electrons. The normalized spacial score (nSPS) is 12.5. The molecule has 1 N–H and O–H groups in total. The zero-order valence-electron chi connectivity index (χ0n) is 9.71. The molecular formula is C14H10BrCl3O. The van der Waals surface area contributed by atoms with Crippen molar-refractivity contribution in [2.24, 2.45) is 0 Å². The van der Waals surface area contributed by atoms with E-state index in [1.54, 1.807) is 36.4 Å². The van der Waals surface area contributed by atoms with Crippen molar-refractivity contribution in [1.82, 2.24) is 0 Å². The summed E-state index contributed by atoms with van der Waals surface area (Å²) < 4.78 is 0.760. The summed E-state index contributed by atoms with van der Waals surface area (Å²) in [6, 6.07) is 10.5. The zero-order chi connectivity index (χ0) is 14.0. The highest BCUT2D eigenvalue weighted by atomic mass is 79.9. The molecular weight excluding hydrogens is 370 g/mol. The molecule has 0 aliphatic heterocycles. The van der Waals surface area contributed by atoms with Crippen LogP contribution < -0.4 is 0 Å². The van der Waals surface area contributed by atoms with Crippen molar-refractivity contribution in [3.63, 3.8) is 0 Å². The molecule has 0 saturated carbocycles. The highest BCUT2D eigenvalue weighted by molar-refractivity contribution is 9.10. The summed E-state index contributed by atoms with van der Waals surface area (Å²) in [4.78, 5) is 0. The molecule has 1 nitrogen and oxygen atoms in total. The Balaban J connectivity index is 2.28. The Morgan fingerprint density at radius 1 is 1.05 bits per heavy atom. The molecule has 0 fully saturated rings. The molecule has 0 amide bonds. The van der Waals surface area contributed by atoms with E-state index in [1.165, 1.54) is 0 Å². The molecule has 0 aromatic heterocycles. The van der Waals surface area contributed by atoms with E-state index in [0.717, 1.165) is 15.6 Å². The average Bonchev–Trinajstić information content (AvgIpc) is 2.33. The van der Waals surface area contributed by atoms with Gasteiger partial charge in [-0.15, -0.1) is 0 Å². The van der Waals surface area contributed by atoms with Crippen LogP contribution in [0.2, 0.25) is 15.1 Å². The monoisotopic (exact) mass is 378 g/mol. The first-order valence-corrected chi connectivity index (χ1v) is 7.47. The first-order chi connectivity index (χ1) is 8.99. The molecule has 19 heavy (non-hydrogen) atoms. The third kappa shape index (κ3) is 3.65. The first-order valence-electron chi connectivity index (χ1n) is 5.55. The second kappa shape index (κ2) is 6.47. The van der Waals surface area contributed by atoms with Gasteiger partial charge in [0.15, 0.2) is 0 Å². The molecule has 0 spiro atoms. The maximum absolute atomic E-state index is 10.3. The molecule has 2 rings (SSSR count). The maximum Gasteiger partial charge on any atom is 0.0842 e. The minimum atomic E-state index is -0.705. The summed E-state index contributed by atoms with van der Waals surface area (Å²) in [5.41, 5.74) is 1.49. The number of rotatable bonds is 3. The van der Waals surface area contributed by atoms with E-state index in [0.29, 0.717) is 21.5 Å². The van der Waals surface area contributed by atoms with Crippen molar-refractivity contribution in [2.45, 2.75) is 12.5 Å². The number of aliphatic hydroxyl groups excluding tert-OH is 1. The summed E-state index contributed by atoms with van der Waals surface area (Å²) in [6.45, 7) is 0. The standard InChI is InChI=1S/C14H10BrCl3O/c15-11-6-8(16)4-5-9(11)14(19)7-10-12(17)2-1-3-13(10)18/h1-6,14,19H,7H2. The Kier molecular flexibility index (Phi) is 5.15. The Hall–Kier alpha value is -0.250. The molecule has 1 unspecified atom stereocenters. The van der Waals surface area contributed by atoms with Crippen molar-refractivity contribution in [3.05, 3.63) is 67.1 Å². The molecule has 0 aliphatic rings. The van der Waals surface area contributed by atoms with Gasteiger partial charge < -0.3 is 5.11 Å². The quantitative estimate of drug-likeness (QED) is 0.726. The average molecular weight is 380 g/mol. The summed E-state index contributed by atoms with van der Waals surface area (Å²) in [7, 11) is 0. The van der Waals surface area contributed by atoms with Gasteiger partial charge in [-0.05, 0) is 35.4 Å². The van der Waals surface area contributed by atoms with Crippen LogP contribution >= 0.6 is 50.7 Å². The van der Waals surface area contributed by atoms with Crippen LogP contribution in [0, 0.1) is 0 Å². The van der Waals surface area contributed by atoms with Crippen LogP contribution in [0.5, 0.6) is 0 Å². The van der Waals surface area contributed by atoms with Gasteiger partial charge in [-0.2, -0.15) is 0 Å². The first kappa shape index (κ1) is 15.1. The Bertz CT molecular complexity index is 581. The fraction of sp³-hybridized carbons (Fsp3) is 0.143. The topological polar surface area (TPSA) is 20.2 Å². The maximum atomic E-state index is 10.3.